The molecule has 20 heavy (non-hydrogen) atoms. The smallest absolute Gasteiger partial charge is 0.433 e. The maximum absolute atomic E-state index is 12.9. The fourth-order valence-electron chi connectivity index (χ4n) is 1.73. The largest absolute Gasteiger partial charge is 0.471 e. The molecule has 0 spiro atoms. The number of alkyl halides is 3. The van der Waals surface area contributed by atoms with Crippen LogP contribution in [0.4, 0.5) is 13.2 Å². The van der Waals surface area contributed by atoms with Gasteiger partial charge in [0.25, 0.3) is 0 Å². The molecule has 2 heterocycles. The zero-order valence-electron chi connectivity index (χ0n) is 10.8. The van der Waals surface area contributed by atoms with E-state index in [0.717, 1.165) is 10.9 Å². The first-order valence-corrected chi connectivity index (χ1v) is 5.81. The molecule has 9 heteroatoms. The average Bonchev–Trinajstić information content (AvgIpc) is 2.77. The minimum atomic E-state index is -4.48. The second-order valence-electron chi connectivity index (χ2n) is 3.99. The Labute approximate surface area is 112 Å². The summed E-state index contributed by atoms with van der Waals surface area (Å²) < 4.78 is 44.7. The Bertz CT molecular complexity index is 596. The Kier molecular flexibility index (Phi) is 3.86. The first kappa shape index (κ1) is 14.2. The molecule has 2 rings (SSSR count). The van der Waals surface area contributed by atoms with Crippen LogP contribution in [-0.2, 0) is 26.3 Å². The van der Waals surface area contributed by atoms with Crippen LogP contribution in [0.5, 0.6) is 5.88 Å². The lowest BCUT2D eigenvalue weighted by Crippen LogP contribution is -2.15. The van der Waals surface area contributed by atoms with E-state index < -0.39 is 11.9 Å². The molecule has 0 fully saturated rings. The van der Waals surface area contributed by atoms with E-state index in [-0.39, 0.29) is 18.1 Å². The molecule has 0 N–H and O–H groups in total. The zero-order chi connectivity index (χ0) is 14.8. The summed E-state index contributed by atoms with van der Waals surface area (Å²) in [6, 6.07) is 0. The Morgan fingerprint density at radius 2 is 2.10 bits per heavy atom. The monoisotopic (exact) mass is 287 g/mol. The Morgan fingerprint density at radius 3 is 2.75 bits per heavy atom. The van der Waals surface area contributed by atoms with Crippen LogP contribution in [0.25, 0.3) is 0 Å². The van der Waals surface area contributed by atoms with Crippen molar-refractivity contribution in [2.45, 2.75) is 26.1 Å². The van der Waals surface area contributed by atoms with Gasteiger partial charge in [-0.05, 0) is 6.42 Å². The molecule has 0 saturated carbocycles. The molecule has 6 nitrogen and oxygen atoms in total. The third-order valence-electron chi connectivity index (χ3n) is 2.63. The van der Waals surface area contributed by atoms with E-state index >= 15 is 0 Å². The summed E-state index contributed by atoms with van der Waals surface area (Å²) in [4.78, 5) is 3.86. The summed E-state index contributed by atoms with van der Waals surface area (Å²) in [5.41, 5.74) is -0.400. The first-order valence-electron chi connectivity index (χ1n) is 5.81. The van der Waals surface area contributed by atoms with Gasteiger partial charge in [-0.15, -0.1) is 10.2 Å². The third-order valence-corrected chi connectivity index (χ3v) is 2.63. The standard InChI is InChI=1S/C11H12F3N5O/c1-3-8-10(15-6-16-18-8)20-5-7-4-17-19(2)9(7)11(12,13)14/h4,6H,3,5H2,1-2H3. The van der Waals surface area contributed by atoms with Gasteiger partial charge >= 0.3 is 6.18 Å². The zero-order valence-corrected chi connectivity index (χ0v) is 10.8. The molecule has 0 bridgehead atoms. The van der Waals surface area contributed by atoms with Gasteiger partial charge in [0.1, 0.15) is 24.3 Å². The van der Waals surface area contributed by atoms with Gasteiger partial charge in [0.05, 0.1) is 6.20 Å². The molecular weight excluding hydrogens is 275 g/mol. The molecule has 2 aromatic rings. The average molecular weight is 287 g/mol. The molecule has 0 aliphatic heterocycles. The summed E-state index contributed by atoms with van der Waals surface area (Å²) in [5.74, 6) is 0.180. The number of ether oxygens (including phenoxy) is 1. The quantitative estimate of drug-likeness (QED) is 0.857. The maximum atomic E-state index is 12.9. The van der Waals surface area contributed by atoms with Crippen LogP contribution in [-0.4, -0.2) is 25.0 Å². The van der Waals surface area contributed by atoms with Crippen LogP contribution in [0.1, 0.15) is 23.9 Å². The molecule has 0 radical (unpaired) electrons. The number of aromatic nitrogens is 5. The molecule has 0 atom stereocenters. The van der Waals surface area contributed by atoms with Gasteiger partial charge in [-0.3, -0.25) is 4.68 Å². The van der Waals surface area contributed by atoms with Gasteiger partial charge in [-0.1, -0.05) is 6.92 Å². The molecular formula is C11H12F3N5O. The lowest BCUT2D eigenvalue weighted by atomic mass is 10.2. The lowest BCUT2D eigenvalue weighted by molar-refractivity contribution is -0.144. The van der Waals surface area contributed by atoms with Gasteiger partial charge in [-0.2, -0.15) is 23.3 Å². The minimum absolute atomic E-state index is 0.0549. The van der Waals surface area contributed by atoms with Crippen LogP contribution in [0.2, 0.25) is 0 Å². The lowest BCUT2D eigenvalue weighted by Gasteiger charge is -2.11. The van der Waals surface area contributed by atoms with E-state index in [1.807, 2.05) is 6.92 Å². The number of hydrogen-bond acceptors (Lipinski definition) is 5. The summed E-state index contributed by atoms with van der Waals surface area (Å²) in [5, 5.41) is 11.0. The summed E-state index contributed by atoms with van der Waals surface area (Å²) >= 11 is 0. The second-order valence-corrected chi connectivity index (χ2v) is 3.99. The highest BCUT2D eigenvalue weighted by Gasteiger charge is 2.37. The van der Waals surface area contributed by atoms with E-state index in [4.69, 9.17) is 4.74 Å². The van der Waals surface area contributed by atoms with Crippen LogP contribution in [0.15, 0.2) is 12.5 Å². The van der Waals surface area contributed by atoms with E-state index in [1.165, 1.54) is 13.4 Å². The van der Waals surface area contributed by atoms with Gasteiger partial charge in [0.15, 0.2) is 0 Å². The van der Waals surface area contributed by atoms with Crippen LogP contribution in [0.3, 0.4) is 0 Å². The summed E-state index contributed by atoms with van der Waals surface area (Å²) in [6.45, 7) is 1.54. The summed E-state index contributed by atoms with van der Waals surface area (Å²) in [6.07, 6.45) is -1.65. The Balaban J connectivity index is 2.20. The predicted octanol–water partition coefficient (Wildman–Crippen LogP) is 1.77. The van der Waals surface area contributed by atoms with Crippen molar-refractivity contribution in [2.75, 3.05) is 0 Å². The van der Waals surface area contributed by atoms with E-state index in [0.29, 0.717) is 12.1 Å². The first-order chi connectivity index (χ1) is 9.43. The van der Waals surface area contributed by atoms with Crippen molar-refractivity contribution < 1.29 is 17.9 Å². The fourth-order valence-corrected chi connectivity index (χ4v) is 1.73. The highest BCUT2D eigenvalue weighted by atomic mass is 19.4. The molecule has 0 unspecified atom stereocenters. The van der Waals surface area contributed by atoms with Gasteiger partial charge in [0.2, 0.25) is 5.88 Å². The predicted molar refractivity (Wildman–Crippen MR) is 61.7 cm³/mol. The van der Waals surface area contributed by atoms with Gasteiger partial charge < -0.3 is 4.74 Å². The van der Waals surface area contributed by atoms with E-state index in [9.17, 15) is 13.2 Å². The Hall–Kier alpha value is -2.19. The molecule has 0 amide bonds. The van der Waals surface area contributed by atoms with E-state index in [1.54, 1.807) is 0 Å². The molecule has 0 aliphatic carbocycles. The number of halogens is 3. The number of aryl methyl sites for hydroxylation is 2. The number of nitrogens with zero attached hydrogens (tertiary/aromatic N) is 5. The summed E-state index contributed by atoms with van der Waals surface area (Å²) in [7, 11) is 1.23. The van der Waals surface area contributed by atoms with E-state index in [2.05, 4.69) is 20.3 Å². The molecule has 108 valence electrons. The van der Waals surface area contributed by atoms with Crippen molar-refractivity contribution in [3.8, 4) is 5.88 Å². The van der Waals surface area contributed by atoms with Gasteiger partial charge in [-0.25, -0.2) is 0 Å². The van der Waals surface area contributed by atoms with Crippen molar-refractivity contribution >= 4 is 0 Å². The van der Waals surface area contributed by atoms with Crippen molar-refractivity contribution in [3.05, 3.63) is 29.5 Å². The number of hydrogen-bond donors (Lipinski definition) is 0. The van der Waals surface area contributed by atoms with Crippen molar-refractivity contribution in [2.24, 2.45) is 7.05 Å². The molecule has 0 aromatic carbocycles. The molecule has 2 aromatic heterocycles. The normalized spacial score (nSPS) is 11.7. The van der Waals surface area contributed by atoms with Crippen molar-refractivity contribution in [1.82, 2.24) is 25.0 Å². The van der Waals surface area contributed by atoms with Crippen molar-refractivity contribution in [1.29, 1.82) is 0 Å². The Morgan fingerprint density at radius 1 is 1.35 bits per heavy atom. The van der Waals surface area contributed by atoms with Crippen LogP contribution < -0.4 is 4.74 Å². The van der Waals surface area contributed by atoms with Crippen LogP contribution in [0, 0.1) is 0 Å². The number of rotatable bonds is 4. The highest BCUT2D eigenvalue weighted by Crippen LogP contribution is 2.31. The highest BCUT2D eigenvalue weighted by molar-refractivity contribution is 5.22. The second kappa shape index (κ2) is 5.43. The fraction of sp³-hybridized carbons (Fsp3) is 0.455. The van der Waals surface area contributed by atoms with Crippen LogP contribution >= 0.6 is 0 Å². The SMILES string of the molecule is CCc1nncnc1OCc1cnn(C)c1C(F)(F)F. The third kappa shape index (κ3) is 2.86. The minimum Gasteiger partial charge on any atom is -0.471 e. The molecule has 0 aliphatic rings. The van der Waals surface area contributed by atoms with Gasteiger partial charge in [0, 0.05) is 12.6 Å². The van der Waals surface area contributed by atoms with Crippen molar-refractivity contribution in [3.63, 3.8) is 0 Å². The topological polar surface area (TPSA) is 65.7 Å². The molecule has 0 saturated heterocycles. The maximum Gasteiger partial charge on any atom is 0.433 e.